The van der Waals surface area contributed by atoms with Crippen LogP contribution in [0.15, 0.2) is 42.7 Å². The van der Waals surface area contributed by atoms with Gasteiger partial charge in [0.1, 0.15) is 0 Å². The zero-order chi connectivity index (χ0) is 12.1. The molecule has 0 aliphatic heterocycles. The minimum Gasteiger partial charge on any atom is -0.331 e. The summed E-state index contributed by atoms with van der Waals surface area (Å²) in [6.45, 7) is 0. The molecule has 0 saturated heterocycles. The lowest BCUT2D eigenvalue weighted by Crippen LogP contribution is -2.08. The van der Waals surface area contributed by atoms with Crippen LogP contribution in [0.4, 0.5) is 5.95 Å². The predicted octanol–water partition coefficient (Wildman–Crippen LogP) is 2.71. The molecule has 17 heavy (non-hydrogen) atoms. The number of amides is 1. The second-order valence-corrected chi connectivity index (χ2v) is 3.75. The van der Waals surface area contributed by atoms with Gasteiger partial charge in [-0.2, -0.15) is 0 Å². The Kier molecular flexibility index (Phi) is 3.57. The second kappa shape index (κ2) is 5.32. The van der Waals surface area contributed by atoms with Crippen LogP contribution in [0, 0.1) is 0 Å². The summed E-state index contributed by atoms with van der Waals surface area (Å²) in [5.74, 6) is 0.172. The number of H-pyrrole nitrogens is 1. The molecule has 2 rings (SSSR count). The molecule has 0 aliphatic rings. The third-order valence-electron chi connectivity index (χ3n) is 2.02. The van der Waals surface area contributed by atoms with Crippen LogP contribution >= 0.6 is 11.6 Å². The van der Waals surface area contributed by atoms with Gasteiger partial charge in [-0.05, 0) is 23.8 Å². The fraction of sp³-hybridized carbons (Fsp3) is 0. The van der Waals surface area contributed by atoms with Gasteiger partial charge in [0, 0.05) is 23.5 Å². The molecule has 1 heterocycles. The summed E-state index contributed by atoms with van der Waals surface area (Å²) in [6, 6.07) is 7.25. The molecule has 1 aromatic carbocycles. The number of hydrogen-bond donors (Lipinski definition) is 2. The molecule has 4 nitrogen and oxygen atoms in total. The molecule has 1 amide bonds. The van der Waals surface area contributed by atoms with Crippen molar-refractivity contribution >= 4 is 29.5 Å². The molecule has 1 aromatic heterocycles. The average molecular weight is 248 g/mol. The normalized spacial score (nSPS) is 10.6. The Morgan fingerprint density at radius 2 is 2.35 bits per heavy atom. The molecule has 0 fully saturated rings. The van der Waals surface area contributed by atoms with E-state index in [1.54, 1.807) is 30.6 Å². The first-order valence-corrected chi connectivity index (χ1v) is 5.36. The molecule has 0 bridgehead atoms. The Morgan fingerprint density at radius 1 is 1.47 bits per heavy atom. The lowest BCUT2D eigenvalue weighted by Gasteiger charge is -1.96. The summed E-state index contributed by atoms with van der Waals surface area (Å²) in [4.78, 5) is 18.1. The van der Waals surface area contributed by atoms with E-state index in [0.29, 0.717) is 11.0 Å². The quantitative estimate of drug-likeness (QED) is 0.820. The molecule has 0 spiro atoms. The highest BCUT2D eigenvalue weighted by atomic mass is 35.5. The standard InChI is InChI=1S/C12H10ClN3O/c13-10-3-1-2-9(8-10)4-5-11(17)16-12-14-6-7-15-12/h1-8H,(H2,14,15,16,17). The zero-order valence-corrected chi connectivity index (χ0v) is 9.61. The molecule has 0 radical (unpaired) electrons. The molecule has 2 N–H and O–H groups in total. The lowest BCUT2D eigenvalue weighted by molar-refractivity contribution is -0.111. The number of aromatic amines is 1. The summed E-state index contributed by atoms with van der Waals surface area (Å²) < 4.78 is 0. The van der Waals surface area contributed by atoms with Crippen LogP contribution in [0.3, 0.4) is 0 Å². The molecule has 0 unspecified atom stereocenters. The predicted molar refractivity (Wildman–Crippen MR) is 67.7 cm³/mol. The van der Waals surface area contributed by atoms with Crippen molar-refractivity contribution < 1.29 is 4.79 Å². The Hall–Kier alpha value is -2.07. The summed E-state index contributed by atoms with van der Waals surface area (Å²) in [5, 5.41) is 3.22. The number of carbonyl (C=O) groups is 1. The monoisotopic (exact) mass is 247 g/mol. The van der Waals surface area contributed by atoms with E-state index in [0.717, 1.165) is 5.56 Å². The maximum absolute atomic E-state index is 11.5. The third kappa shape index (κ3) is 3.46. The van der Waals surface area contributed by atoms with Crippen LogP contribution in [0.1, 0.15) is 5.56 Å². The van der Waals surface area contributed by atoms with Crippen molar-refractivity contribution in [2.75, 3.05) is 5.32 Å². The van der Waals surface area contributed by atoms with Gasteiger partial charge in [-0.25, -0.2) is 4.98 Å². The van der Waals surface area contributed by atoms with Crippen LogP contribution in [0.2, 0.25) is 5.02 Å². The fourth-order valence-corrected chi connectivity index (χ4v) is 1.47. The van der Waals surface area contributed by atoms with Gasteiger partial charge in [-0.1, -0.05) is 23.7 Å². The molecule has 5 heteroatoms. The number of nitrogens with zero attached hydrogens (tertiary/aromatic N) is 1. The molecule has 0 atom stereocenters. The van der Waals surface area contributed by atoms with E-state index in [2.05, 4.69) is 15.3 Å². The van der Waals surface area contributed by atoms with Crippen LogP contribution < -0.4 is 5.32 Å². The van der Waals surface area contributed by atoms with E-state index in [4.69, 9.17) is 11.6 Å². The minimum atomic E-state index is -0.250. The van der Waals surface area contributed by atoms with Crippen LogP contribution in [0.5, 0.6) is 0 Å². The Morgan fingerprint density at radius 3 is 3.06 bits per heavy atom. The van der Waals surface area contributed by atoms with Gasteiger partial charge in [0.15, 0.2) is 0 Å². The second-order valence-electron chi connectivity index (χ2n) is 3.32. The van der Waals surface area contributed by atoms with Crippen molar-refractivity contribution in [1.82, 2.24) is 9.97 Å². The van der Waals surface area contributed by atoms with Crippen LogP contribution in [-0.2, 0) is 4.79 Å². The smallest absolute Gasteiger partial charge is 0.250 e. The van der Waals surface area contributed by atoms with Crippen molar-refractivity contribution in [1.29, 1.82) is 0 Å². The molecular formula is C12H10ClN3O. The third-order valence-corrected chi connectivity index (χ3v) is 2.25. The maximum Gasteiger partial charge on any atom is 0.250 e. The Bertz CT molecular complexity index is 534. The van der Waals surface area contributed by atoms with E-state index < -0.39 is 0 Å². The Labute approximate surface area is 103 Å². The van der Waals surface area contributed by atoms with Gasteiger partial charge in [0.05, 0.1) is 0 Å². The first-order valence-electron chi connectivity index (χ1n) is 4.98. The highest BCUT2D eigenvalue weighted by Crippen LogP contribution is 2.11. The average Bonchev–Trinajstić information content (AvgIpc) is 2.79. The molecular weight excluding hydrogens is 238 g/mol. The Balaban J connectivity index is 1.99. The van der Waals surface area contributed by atoms with Crippen molar-refractivity contribution in [2.45, 2.75) is 0 Å². The lowest BCUT2D eigenvalue weighted by atomic mass is 10.2. The van der Waals surface area contributed by atoms with Crippen LogP contribution in [0.25, 0.3) is 6.08 Å². The number of nitrogens with one attached hydrogen (secondary N) is 2. The summed E-state index contributed by atoms with van der Waals surface area (Å²) in [7, 11) is 0. The first-order chi connectivity index (χ1) is 8.24. The van der Waals surface area contributed by atoms with E-state index in [9.17, 15) is 4.79 Å². The zero-order valence-electron chi connectivity index (χ0n) is 8.85. The number of halogens is 1. The van der Waals surface area contributed by atoms with Gasteiger partial charge < -0.3 is 4.98 Å². The summed E-state index contributed by atoms with van der Waals surface area (Å²) >= 11 is 5.83. The van der Waals surface area contributed by atoms with E-state index >= 15 is 0 Å². The largest absolute Gasteiger partial charge is 0.331 e. The first kappa shape index (κ1) is 11.4. The van der Waals surface area contributed by atoms with E-state index in [-0.39, 0.29) is 5.91 Å². The fourth-order valence-electron chi connectivity index (χ4n) is 1.27. The van der Waals surface area contributed by atoms with Gasteiger partial charge in [0.25, 0.3) is 5.91 Å². The summed E-state index contributed by atoms with van der Waals surface area (Å²) in [6.07, 6.45) is 6.31. The van der Waals surface area contributed by atoms with Gasteiger partial charge in [0.2, 0.25) is 5.95 Å². The molecule has 2 aromatic rings. The maximum atomic E-state index is 11.5. The van der Waals surface area contributed by atoms with Gasteiger partial charge >= 0.3 is 0 Å². The topological polar surface area (TPSA) is 57.8 Å². The van der Waals surface area contributed by atoms with E-state index in [1.807, 2.05) is 12.1 Å². The number of carbonyl (C=O) groups excluding carboxylic acids is 1. The summed E-state index contributed by atoms with van der Waals surface area (Å²) in [5.41, 5.74) is 0.868. The SMILES string of the molecule is O=C(C=Cc1cccc(Cl)c1)Nc1ncc[nH]1. The van der Waals surface area contributed by atoms with Crippen LogP contribution in [-0.4, -0.2) is 15.9 Å². The molecule has 86 valence electrons. The van der Waals surface area contributed by atoms with Crippen molar-refractivity contribution in [3.05, 3.63) is 53.3 Å². The number of imidazole rings is 1. The molecule has 0 aliphatic carbocycles. The number of hydrogen-bond acceptors (Lipinski definition) is 2. The number of rotatable bonds is 3. The van der Waals surface area contributed by atoms with E-state index in [1.165, 1.54) is 6.08 Å². The highest BCUT2D eigenvalue weighted by molar-refractivity contribution is 6.30. The number of anilines is 1. The van der Waals surface area contributed by atoms with Crippen molar-refractivity contribution in [2.24, 2.45) is 0 Å². The number of benzene rings is 1. The molecule has 0 saturated carbocycles. The van der Waals surface area contributed by atoms with Crippen molar-refractivity contribution in [3.63, 3.8) is 0 Å². The highest BCUT2D eigenvalue weighted by Gasteiger charge is 1.98. The minimum absolute atomic E-state index is 0.250. The van der Waals surface area contributed by atoms with Gasteiger partial charge in [-0.15, -0.1) is 0 Å². The number of aromatic nitrogens is 2. The van der Waals surface area contributed by atoms with Crippen molar-refractivity contribution in [3.8, 4) is 0 Å². The van der Waals surface area contributed by atoms with Gasteiger partial charge in [-0.3, -0.25) is 10.1 Å².